The van der Waals surface area contributed by atoms with Crippen LogP contribution in [0.5, 0.6) is 0 Å². The van der Waals surface area contributed by atoms with Crippen molar-refractivity contribution in [3.63, 3.8) is 0 Å². The highest BCUT2D eigenvalue weighted by Gasteiger charge is 2.18. The van der Waals surface area contributed by atoms with E-state index in [4.69, 9.17) is 4.42 Å². The molecule has 0 saturated heterocycles. The maximum atomic E-state index is 6.21. The highest BCUT2D eigenvalue weighted by atomic mass is 16.3. The van der Waals surface area contributed by atoms with Crippen molar-refractivity contribution in [3.8, 4) is 33.4 Å². The fourth-order valence-electron chi connectivity index (χ4n) is 8.57. The van der Waals surface area contributed by atoms with Gasteiger partial charge in [0.25, 0.3) is 0 Å². The van der Waals surface area contributed by atoms with Gasteiger partial charge in [-0.15, -0.1) is 0 Å². The van der Waals surface area contributed by atoms with Gasteiger partial charge in [-0.2, -0.15) is 0 Å². The summed E-state index contributed by atoms with van der Waals surface area (Å²) >= 11 is 0. The standard InChI is InChI=1S/C50H30O/c1-2-13-36-31(11-1)12-9-20-39(36)49-43-16-5-3-14-41(43)48(42-15-4-6-17-44(42)49)35-26-24-32-29-34(25-23-33(32)30-35)37-19-10-21-40-38(37)27-28-47-50(40)45-18-7-8-22-46(45)51-47/h1-30H. The SMILES string of the molecule is c1ccc2c(-c3c4ccccc4c(-c4ccc5cc(-c6cccc7c6ccc6oc8ccccc8c67)ccc5c4)c4ccccc34)cccc2c1. The van der Waals surface area contributed by atoms with E-state index in [1.165, 1.54) is 92.6 Å². The molecule has 1 heterocycles. The molecule has 51 heavy (non-hydrogen) atoms. The molecule has 11 rings (SSSR count). The lowest BCUT2D eigenvalue weighted by Gasteiger charge is -2.19. The minimum absolute atomic E-state index is 0.927. The van der Waals surface area contributed by atoms with Crippen molar-refractivity contribution in [1.82, 2.24) is 0 Å². The minimum atomic E-state index is 0.927. The van der Waals surface area contributed by atoms with Gasteiger partial charge in [-0.3, -0.25) is 0 Å². The average molecular weight is 647 g/mol. The monoisotopic (exact) mass is 646 g/mol. The number of benzene rings is 10. The van der Waals surface area contributed by atoms with Gasteiger partial charge in [-0.25, -0.2) is 0 Å². The number of rotatable bonds is 3. The Kier molecular flexibility index (Phi) is 6.02. The van der Waals surface area contributed by atoms with Crippen molar-refractivity contribution >= 4 is 75.8 Å². The number of hydrogen-bond donors (Lipinski definition) is 0. The molecule has 10 aromatic carbocycles. The average Bonchev–Trinajstić information content (AvgIpc) is 3.58. The Bertz CT molecular complexity index is 3130. The smallest absolute Gasteiger partial charge is 0.136 e. The van der Waals surface area contributed by atoms with Crippen LogP contribution in [0.25, 0.3) is 109 Å². The van der Waals surface area contributed by atoms with Crippen LogP contribution in [0.15, 0.2) is 186 Å². The van der Waals surface area contributed by atoms with E-state index in [2.05, 4.69) is 170 Å². The maximum absolute atomic E-state index is 6.21. The van der Waals surface area contributed by atoms with Gasteiger partial charge in [0.2, 0.25) is 0 Å². The first-order valence-corrected chi connectivity index (χ1v) is 17.6. The molecule has 1 nitrogen and oxygen atoms in total. The zero-order valence-electron chi connectivity index (χ0n) is 27.7. The molecule has 236 valence electrons. The van der Waals surface area contributed by atoms with Crippen molar-refractivity contribution < 1.29 is 4.42 Å². The van der Waals surface area contributed by atoms with E-state index in [1.54, 1.807) is 0 Å². The first-order valence-electron chi connectivity index (χ1n) is 17.6. The normalized spacial score (nSPS) is 11.9. The first-order chi connectivity index (χ1) is 25.3. The summed E-state index contributed by atoms with van der Waals surface area (Å²) in [4.78, 5) is 0. The topological polar surface area (TPSA) is 13.1 Å². The number of furan rings is 1. The zero-order chi connectivity index (χ0) is 33.5. The van der Waals surface area contributed by atoms with Gasteiger partial charge in [0.1, 0.15) is 11.2 Å². The quantitative estimate of drug-likeness (QED) is 0.174. The van der Waals surface area contributed by atoms with Crippen LogP contribution in [-0.4, -0.2) is 0 Å². The zero-order valence-corrected chi connectivity index (χ0v) is 27.7. The minimum Gasteiger partial charge on any atom is -0.456 e. The summed E-state index contributed by atoms with van der Waals surface area (Å²) in [5, 5.41) is 14.9. The molecule has 0 radical (unpaired) electrons. The summed E-state index contributed by atoms with van der Waals surface area (Å²) < 4.78 is 6.21. The van der Waals surface area contributed by atoms with Gasteiger partial charge < -0.3 is 4.42 Å². The van der Waals surface area contributed by atoms with Crippen LogP contribution in [0.4, 0.5) is 0 Å². The predicted octanol–water partition coefficient (Wildman–Crippen LogP) is 14.4. The van der Waals surface area contributed by atoms with E-state index in [9.17, 15) is 0 Å². The second-order valence-corrected chi connectivity index (χ2v) is 13.6. The molecule has 11 aromatic rings. The molecular weight excluding hydrogens is 617 g/mol. The largest absolute Gasteiger partial charge is 0.456 e. The van der Waals surface area contributed by atoms with Gasteiger partial charge in [0.15, 0.2) is 0 Å². The number of para-hydroxylation sites is 1. The molecule has 0 fully saturated rings. The second kappa shape index (κ2) is 10.9. The van der Waals surface area contributed by atoms with Crippen molar-refractivity contribution in [1.29, 1.82) is 0 Å². The fourth-order valence-corrected chi connectivity index (χ4v) is 8.57. The first kappa shape index (κ1) is 28.2. The Morgan fingerprint density at radius 2 is 0.824 bits per heavy atom. The third-order valence-corrected chi connectivity index (χ3v) is 10.8. The van der Waals surface area contributed by atoms with E-state index < -0.39 is 0 Å². The number of fused-ring (bicyclic) bond motifs is 9. The van der Waals surface area contributed by atoms with Gasteiger partial charge in [-0.05, 0) is 112 Å². The summed E-state index contributed by atoms with van der Waals surface area (Å²) in [6, 6.07) is 66.4. The Labute approximate surface area is 294 Å². The third kappa shape index (κ3) is 4.22. The van der Waals surface area contributed by atoms with Crippen molar-refractivity contribution in [3.05, 3.63) is 182 Å². The van der Waals surface area contributed by atoms with Crippen LogP contribution >= 0.6 is 0 Å². The molecule has 0 bridgehead atoms. The number of hydrogen-bond acceptors (Lipinski definition) is 1. The van der Waals surface area contributed by atoms with E-state index >= 15 is 0 Å². The second-order valence-electron chi connectivity index (χ2n) is 13.6. The van der Waals surface area contributed by atoms with Crippen LogP contribution in [0, 0.1) is 0 Å². The van der Waals surface area contributed by atoms with Crippen molar-refractivity contribution in [2.45, 2.75) is 0 Å². The maximum Gasteiger partial charge on any atom is 0.136 e. The lowest BCUT2D eigenvalue weighted by atomic mass is 9.84. The molecule has 0 saturated carbocycles. The summed E-state index contributed by atoms with van der Waals surface area (Å²) in [6.07, 6.45) is 0. The lowest BCUT2D eigenvalue weighted by Crippen LogP contribution is -1.91. The Balaban J connectivity index is 1.09. The summed E-state index contributed by atoms with van der Waals surface area (Å²) in [6.45, 7) is 0. The van der Waals surface area contributed by atoms with Crippen LogP contribution in [0.1, 0.15) is 0 Å². The Hall–Kier alpha value is -6.70. The van der Waals surface area contributed by atoms with Crippen LogP contribution in [0.2, 0.25) is 0 Å². The highest BCUT2D eigenvalue weighted by Crippen LogP contribution is 2.46. The molecule has 0 spiro atoms. The van der Waals surface area contributed by atoms with Crippen LogP contribution in [-0.2, 0) is 0 Å². The van der Waals surface area contributed by atoms with Crippen molar-refractivity contribution in [2.24, 2.45) is 0 Å². The Morgan fingerprint density at radius 1 is 0.275 bits per heavy atom. The van der Waals surface area contributed by atoms with Crippen LogP contribution in [0.3, 0.4) is 0 Å². The van der Waals surface area contributed by atoms with Gasteiger partial charge in [-0.1, -0.05) is 158 Å². The van der Waals surface area contributed by atoms with Gasteiger partial charge >= 0.3 is 0 Å². The van der Waals surface area contributed by atoms with E-state index in [0.29, 0.717) is 0 Å². The molecule has 0 unspecified atom stereocenters. The van der Waals surface area contributed by atoms with Gasteiger partial charge in [0, 0.05) is 10.8 Å². The van der Waals surface area contributed by atoms with Gasteiger partial charge in [0.05, 0.1) is 0 Å². The molecule has 0 aliphatic rings. The summed E-state index contributed by atoms with van der Waals surface area (Å²) in [5.74, 6) is 0. The fraction of sp³-hybridized carbons (Fsp3) is 0. The molecule has 1 aromatic heterocycles. The summed E-state index contributed by atoms with van der Waals surface area (Å²) in [5.41, 5.74) is 9.37. The molecule has 0 aliphatic carbocycles. The highest BCUT2D eigenvalue weighted by molar-refractivity contribution is 6.24. The molecule has 0 N–H and O–H groups in total. The molecular formula is C50H30O. The van der Waals surface area contributed by atoms with Crippen molar-refractivity contribution in [2.75, 3.05) is 0 Å². The third-order valence-electron chi connectivity index (χ3n) is 10.8. The molecule has 0 aliphatic heterocycles. The van der Waals surface area contributed by atoms with E-state index in [0.717, 1.165) is 16.6 Å². The molecule has 0 atom stereocenters. The lowest BCUT2D eigenvalue weighted by molar-refractivity contribution is 0.669. The summed E-state index contributed by atoms with van der Waals surface area (Å²) in [7, 11) is 0. The van der Waals surface area contributed by atoms with E-state index in [-0.39, 0.29) is 0 Å². The van der Waals surface area contributed by atoms with Crippen LogP contribution < -0.4 is 0 Å². The van der Waals surface area contributed by atoms with E-state index in [1.807, 2.05) is 12.1 Å². The molecule has 0 amide bonds. The molecule has 1 heteroatoms. The Morgan fingerprint density at radius 3 is 1.59 bits per heavy atom. The predicted molar refractivity (Wildman–Crippen MR) is 218 cm³/mol.